The van der Waals surface area contributed by atoms with Gasteiger partial charge in [-0.2, -0.15) is 0 Å². The molecule has 0 radical (unpaired) electrons. The smallest absolute Gasteiger partial charge is 0.412 e. The first kappa shape index (κ1) is 22.0. The molecule has 6 heteroatoms. The number of hydrogen-bond acceptors (Lipinski definition) is 5. The van der Waals surface area contributed by atoms with Gasteiger partial charge in [0.25, 0.3) is 0 Å². The predicted octanol–water partition coefficient (Wildman–Crippen LogP) is 4.36. The Morgan fingerprint density at radius 3 is 2.37 bits per heavy atom. The third-order valence-corrected chi connectivity index (χ3v) is 5.51. The molecule has 1 aliphatic carbocycles. The van der Waals surface area contributed by atoms with Crippen molar-refractivity contribution in [3.63, 3.8) is 0 Å². The molecule has 1 heterocycles. The minimum atomic E-state index is -0.782. The van der Waals surface area contributed by atoms with Crippen LogP contribution < -0.4 is 0 Å². The van der Waals surface area contributed by atoms with E-state index < -0.39 is 11.3 Å². The lowest BCUT2D eigenvalue weighted by Crippen LogP contribution is -2.51. The van der Waals surface area contributed by atoms with Gasteiger partial charge in [-0.1, -0.05) is 20.3 Å². The fraction of sp³-hybridized carbons (Fsp3) is 0.905. The number of carbonyl (C=O) groups is 2. The fourth-order valence-corrected chi connectivity index (χ4v) is 4.60. The summed E-state index contributed by atoms with van der Waals surface area (Å²) in [6.07, 6.45) is 2.97. The molecule has 0 bridgehead atoms. The SMILES string of the molecule is COC(=O)[C@@H]1CCC[C@H]1[C@@H]1OC(C)(C)N(C(=O)OC(C)(C)C)[C@H]1CC(C)C. The van der Waals surface area contributed by atoms with Crippen LogP contribution in [0.1, 0.15) is 74.1 Å². The summed E-state index contributed by atoms with van der Waals surface area (Å²) in [5, 5.41) is 0. The summed E-state index contributed by atoms with van der Waals surface area (Å²) in [5.74, 6) is 0.118. The molecule has 1 aliphatic heterocycles. The monoisotopic (exact) mass is 383 g/mol. The highest BCUT2D eigenvalue weighted by molar-refractivity contribution is 5.73. The topological polar surface area (TPSA) is 65.1 Å². The normalized spacial score (nSPS) is 30.6. The number of ether oxygens (including phenoxy) is 3. The lowest BCUT2D eigenvalue weighted by Gasteiger charge is -2.36. The van der Waals surface area contributed by atoms with Gasteiger partial charge in [-0.05, 0) is 59.8 Å². The van der Waals surface area contributed by atoms with Crippen molar-refractivity contribution >= 4 is 12.1 Å². The Hall–Kier alpha value is -1.30. The molecule has 2 fully saturated rings. The van der Waals surface area contributed by atoms with Crippen LogP contribution in [0.4, 0.5) is 4.79 Å². The fourth-order valence-electron chi connectivity index (χ4n) is 4.60. The van der Waals surface area contributed by atoms with Gasteiger partial charge in [0.2, 0.25) is 0 Å². The lowest BCUT2D eigenvalue weighted by atomic mass is 9.84. The van der Waals surface area contributed by atoms with Gasteiger partial charge in [0.15, 0.2) is 0 Å². The molecular weight excluding hydrogens is 346 g/mol. The van der Waals surface area contributed by atoms with Crippen LogP contribution in [0.25, 0.3) is 0 Å². The predicted molar refractivity (Wildman–Crippen MR) is 103 cm³/mol. The highest BCUT2D eigenvalue weighted by atomic mass is 16.6. The van der Waals surface area contributed by atoms with Gasteiger partial charge in [-0.25, -0.2) is 4.79 Å². The van der Waals surface area contributed by atoms with E-state index in [1.807, 2.05) is 34.6 Å². The number of nitrogens with zero attached hydrogens (tertiary/aromatic N) is 1. The molecular formula is C21H37NO5. The second-order valence-corrected chi connectivity index (χ2v) is 9.80. The molecule has 2 rings (SSSR count). The number of hydrogen-bond donors (Lipinski definition) is 0. The molecule has 1 saturated carbocycles. The van der Waals surface area contributed by atoms with Crippen molar-refractivity contribution in [2.24, 2.45) is 17.8 Å². The molecule has 0 aromatic heterocycles. The largest absolute Gasteiger partial charge is 0.469 e. The first-order chi connectivity index (χ1) is 12.4. The van der Waals surface area contributed by atoms with E-state index in [0.29, 0.717) is 5.92 Å². The van der Waals surface area contributed by atoms with E-state index in [4.69, 9.17) is 14.2 Å². The van der Waals surface area contributed by atoms with Crippen molar-refractivity contribution in [2.75, 3.05) is 7.11 Å². The number of methoxy groups -OCH3 is 1. The van der Waals surface area contributed by atoms with E-state index in [2.05, 4.69) is 13.8 Å². The van der Waals surface area contributed by atoms with Gasteiger partial charge in [-0.3, -0.25) is 9.69 Å². The first-order valence-corrected chi connectivity index (χ1v) is 10.2. The van der Waals surface area contributed by atoms with Crippen LogP contribution in [-0.2, 0) is 19.0 Å². The zero-order valence-electron chi connectivity index (χ0n) is 18.2. The highest BCUT2D eigenvalue weighted by Gasteiger charge is 2.55. The van der Waals surface area contributed by atoms with Gasteiger partial charge >= 0.3 is 12.1 Å². The summed E-state index contributed by atoms with van der Waals surface area (Å²) in [6.45, 7) is 13.7. The van der Waals surface area contributed by atoms with E-state index >= 15 is 0 Å². The summed E-state index contributed by atoms with van der Waals surface area (Å²) in [4.78, 5) is 27.1. The van der Waals surface area contributed by atoms with Crippen LogP contribution in [0.2, 0.25) is 0 Å². The highest BCUT2D eigenvalue weighted by Crippen LogP contribution is 2.46. The van der Waals surface area contributed by atoms with E-state index in [-0.39, 0.29) is 36.0 Å². The molecule has 6 nitrogen and oxygen atoms in total. The molecule has 0 N–H and O–H groups in total. The van der Waals surface area contributed by atoms with Crippen LogP contribution >= 0.6 is 0 Å². The zero-order chi connectivity index (χ0) is 20.6. The van der Waals surface area contributed by atoms with Gasteiger partial charge in [0, 0.05) is 5.92 Å². The Bertz CT molecular complexity index is 551. The average Bonchev–Trinajstić information content (AvgIpc) is 3.06. The molecule has 27 heavy (non-hydrogen) atoms. The van der Waals surface area contributed by atoms with Crippen molar-refractivity contribution in [2.45, 2.75) is 97.6 Å². The number of carbonyl (C=O) groups excluding carboxylic acids is 2. The summed E-state index contributed by atoms with van der Waals surface area (Å²) in [7, 11) is 1.44. The Balaban J connectivity index is 2.34. The Labute approximate surface area is 163 Å². The molecule has 0 unspecified atom stereocenters. The van der Waals surface area contributed by atoms with Crippen molar-refractivity contribution in [3.05, 3.63) is 0 Å². The van der Waals surface area contributed by atoms with Crippen LogP contribution in [0, 0.1) is 17.8 Å². The van der Waals surface area contributed by atoms with E-state index in [1.165, 1.54) is 7.11 Å². The van der Waals surface area contributed by atoms with Crippen LogP contribution in [0.5, 0.6) is 0 Å². The first-order valence-electron chi connectivity index (χ1n) is 10.2. The summed E-state index contributed by atoms with van der Waals surface area (Å²) in [5.41, 5.74) is -1.36. The lowest BCUT2D eigenvalue weighted by molar-refractivity contribution is -0.150. The zero-order valence-corrected chi connectivity index (χ0v) is 18.2. The van der Waals surface area contributed by atoms with Crippen molar-refractivity contribution in [3.8, 4) is 0 Å². The molecule has 1 amide bonds. The number of amides is 1. The Morgan fingerprint density at radius 1 is 1.22 bits per heavy atom. The van der Waals surface area contributed by atoms with E-state index in [1.54, 1.807) is 4.90 Å². The quantitative estimate of drug-likeness (QED) is 0.675. The molecule has 156 valence electrons. The van der Waals surface area contributed by atoms with Crippen molar-refractivity contribution in [1.82, 2.24) is 4.90 Å². The maximum absolute atomic E-state index is 13.0. The second kappa shape index (κ2) is 7.98. The van der Waals surface area contributed by atoms with Gasteiger partial charge in [0.05, 0.1) is 25.2 Å². The van der Waals surface area contributed by atoms with Crippen molar-refractivity contribution in [1.29, 1.82) is 0 Å². The van der Waals surface area contributed by atoms with Gasteiger partial charge in [-0.15, -0.1) is 0 Å². The van der Waals surface area contributed by atoms with Crippen LogP contribution in [0.3, 0.4) is 0 Å². The number of esters is 1. The Kier molecular flexibility index (Phi) is 6.50. The summed E-state index contributed by atoms with van der Waals surface area (Å²) >= 11 is 0. The molecule has 2 aliphatic rings. The van der Waals surface area contributed by atoms with Crippen molar-refractivity contribution < 1.29 is 23.8 Å². The van der Waals surface area contributed by atoms with E-state index in [0.717, 1.165) is 25.7 Å². The van der Waals surface area contributed by atoms with Crippen LogP contribution in [-0.4, -0.2) is 47.5 Å². The van der Waals surface area contributed by atoms with Gasteiger partial charge in [0.1, 0.15) is 11.3 Å². The molecule has 0 spiro atoms. The third-order valence-electron chi connectivity index (χ3n) is 5.51. The second-order valence-electron chi connectivity index (χ2n) is 9.80. The minimum absolute atomic E-state index is 0.0629. The number of rotatable bonds is 4. The summed E-state index contributed by atoms with van der Waals surface area (Å²) < 4.78 is 17.2. The van der Waals surface area contributed by atoms with Crippen LogP contribution in [0.15, 0.2) is 0 Å². The Morgan fingerprint density at radius 2 is 1.85 bits per heavy atom. The average molecular weight is 384 g/mol. The molecule has 4 atom stereocenters. The molecule has 0 aromatic rings. The maximum Gasteiger partial charge on any atom is 0.412 e. The molecule has 0 aromatic carbocycles. The summed E-state index contributed by atoms with van der Waals surface area (Å²) in [6, 6.07) is -0.120. The maximum atomic E-state index is 13.0. The van der Waals surface area contributed by atoms with E-state index in [9.17, 15) is 9.59 Å². The molecule has 1 saturated heterocycles. The minimum Gasteiger partial charge on any atom is -0.469 e. The van der Waals surface area contributed by atoms with Gasteiger partial charge < -0.3 is 14.2 Å². The standard InChI is InChI=1S/C21H37NO5/c1-13(2)12-16-17(14-10-9-11-15(14)18(23)25-8)26-21(6,7)22(16)19(24)27-20(3,4)5/h13-17H,9-12H2,1-8H3/t14-,15-,16+,17+/m1/s1. The third kappa shape index (κ3) is 4.95.